The van der Waals surface area contributed by atoms with Gasteiger partial charge in [0.1, 0.15) is 5.01 Å². The SMILES string of the molecule is C[C@H](NS(=O)(=O)c1cccc(Cl)c1)C(=O)Nc1cccc(-c2nc3ccccc3s2)c1. The second-order valence-electron chi connectivity index (χ2n) is 6.86. The molecule has 3 aromatic carbocycles. The van der Waals surface area contributed by atoms with E-state index in [4.69, 9.17) is 11.6 Å². The van der Waals surface area contributed by atoms with Crippen LogP contribution in [0.5, 0.6) is 0 Å². The molecule has 0 unspecified atom stereocenters. The summed E-state index contributed by atoms with van der Waals surface area (Å²) in [5, 5.41) is 3.89. The number of fused-ring (bicyclic) bond motifs is 1. The fourth-order valence-electron chi connectivity index (χ4n) is 2.96. The Morgan fingerprint density at radius 2 is 1.81 bits per heavy atom. The molecule has 0 aliphatic heterocycles. The molecule has 1 atom stereocenters. The van der Waals surface area contributed by atoms with Crippen molar-refractivity contribution in [2.45, 2.75) is 17.9 Å². The Bertz CT molecular complexity index is 1340. The Morgan fingerprint density at radius 3 is 2.58 bits per heavy atom. The number of halogens is 1. The van der Waals surface area contributed by atoms with Crippen molar-refractivity contribution in [1.29, 1.82) is 0 Å². The Labute approximate surface area is 189 Å². The van der Waals surface area contributed by atoms with Crippen LogP contribution in [-0.4, -0.2) is 25.4 Å². The van der Waals surface area contributed by atoms with Crippen molar-refractivity contribution in [1.82, 2.24) is 9.71 Å². The highest BCUT2D eigenvalue weighted by atomic mass is 35.5. The van der Waals surface area contributed by atoms with Crippen LogP contribution in [0.15, 0.2) is 77.7 Å². The number of hydrogen-bond donors (Lipinski definition) is 2. The molecule has 0 saturated carbocycles. The van der Waals surface area contributed by atoms with Gasteiger partial charge in [-0.25, -0.2) is 13.4 Å². The van der Waals surface area contributed by atoms with Crippen molar-refractivity contribution >= 4 is 54.8 Å². The van der Waals surface area contributed by atoms with Crippen LogP contribution in [0.25, 0.3) is 20.8 Å². The molecule has 4 aromatic rings. The first-order chi connectivity index (χ1) is 14.8. The summed E-state index contributed by atoms with van der Waals surface area (Å²) in [5.74, 6) is -0.480. The molecule has 0 aliphatic carbocycles. The third kappa shape index (κ3) is 4.94. The molecule has 158 valence electrons. The fourth-order valence-corrected chi connectivity index (χ4v) is 5.43. The van der Waals surface area contributed by atoms with Crippen LogP contribution in [0.1, 0.15) is 6.92 Å². The lowest BCUT2D eigenvalue weighted by Gasteiger charge is -2.15. The van der Waals surface area contributed by atoms with Crippen LogP contribution in [0.2, 0.25) is 5.02 Å². The van der Waals surface area contributed by atoms with Crippen molar-refractivity contribution in [3.05, 3.63) is 77.8 Å². The second kappa shape index (κ2) is 8.76. The summed E-state index contributed by atoms with van der Waals surface area (Å²) in [6.45, 7) is 1.48. The minimum atomic E-state index is -3.89. The van der Waals surface area contributed by atoms with E-state index in [0.29, 0.717) is 10.7 Å². The first-order valence-corrected chi connectivity index (χ1v) is 12.0. The minimum absolute atomic E-state index is 0.00233. The molecule has 0 radical (unpaired) electrons. The summed E-state index contributed by atoms with van der Waals surface area (Å²) in [6, 6.07) is 20.0. The van der Waals surface area contributed by atoms with Crippen molar-refractivity contribution in [3.8, 4) is 10.6 Å². The topological polar surface area (TPSA) is 88.2 Å². The third-order valence-electron chi connectivity index (χ3n) is 4.50. The van der Waals surface area contributed by atoms with Crippen LogP contribution in [-0.2, 0) is 14.8 Å². The Kier molecular flexibility index (Phi) is 6.06. The summed E-state index contributed by atoms with van der Waals surface area (Å²) in [5.41, 5.74) is 2.34. The largest absolute Gasteiger partial charge is 0.325 e. The van der Waals surface area contributed by atoms with Crippen molar-refractivity contribution in [2.24, 2.45) is 0 Å². The average molecular weight is 472 g/mol. The normalized spacial score (nSPS) is 12.6. The lowest BCUT2D eigenvalue weighted by molar-refractivity contribution is -0.117. The van der Waals surface area contributed by atoms with Gasteiger partial charge in [-0.05, 0) is 49.4 Å². The highest BCUT2D eigenvalue weighted by Crippen LogP contribution is 2.31. The number of para-hydroxylation sites is 1. The number of nitrogens with one attached hydrogen (secondary N) is 2. The van der Waals surface area contributed by atoms with E-state index < -0.39 is 22.0 Å². The summed E-state index contributed by atoms with van der Waals surface area (Å²) in [4.78, 5) is 17.2. The van der Waals surface area contributed by atoms with E-state index in [1.165, 1.54) is 25.1 Å². The number of carbonyl (C=O) groups is 1. The predicted molar refractivity (Wildman–Crippen MR) is 125 cm³/mol. The summed E-state index contributed by atoms with van der Waals surface area (Å²) in [6.07, 6.45) is 0. The number of amides is 1. The average Bonchev–Trinajstić information content (AvgIpc) is 3.18. The van der Waals surface area contributed by atoms with Crippen LogP contribution < -0.4 is 10.0 Å². The van der Waals surface area contributed by atoms with Gasteiger partial charge in [0, 0.05) is 16.3 Å². The maximum absolute atomic E-state index is 12.6. The number of aromatic nitrogens is 1. The fraction of sp³-hybridized carbons (Fsp3) is 0.0909. The zero-order valence-corrected chi connectivity index (χ0v) is 18.8. The molecule has 0 aliphatic rings. The predicted octanol–water partition coefficient (Wildman–Crippen LogP) is 4.92. The minimum Gasteiger partial charge on any atom is -0.325 e. The van der Waals surface area contributed by atoms with Gasteiger partial charge < -0.3 is 5.32 Å². The lowest BCUT2D eigenvalue weighted by atomic mass is 10.2. The molecule has 0 bridgehead atoms. The van der Waals surface area contributed by atoms with Crippen LogP contribution in [0.3, 0.4) is 0 Å². The molecule has 0 saturated heterocycles. The van der Waals surface area contributed by atoms with Gasteiger partial charge in [0.25, 0.3) is 0 Å². The highest BCUT2D eigenvalue weighted by Gasteiger charge is 2.22. The molecule has 1 amide bonds. The summed E-state index contributed by atoms with van der Waals surface area (Å²) in [7, 11) is -3.89. The van der Waals surface area contributed by atoms with Crippen molar-refractivity contribution in [2.75, 3.05) is 5.32 Å². The first kappa shape index (κ1) is 21.5. The highest BCUT2D eigenvalue weighted by molar-refractivity contribution is 7.89. The van der Waals surface area contributed by atoms with Crippen LogP contribution >= 0.6 is 22.9 Å². The van der Waals surface area contributed by atoms with E-state index in [1.54, 1.807) is 23.5 Å². The van der Waals surface area contributed by atoms with E-state index in [1.807, 2.05) is 42.5 Å². The summed E-state index contributed by atoms with van der Waals surface area (Å²) < 4.78 is 28.5. The lowest BCUT2D eigenvalue weighted by Crippen LogP contribution is -2.41. The van der Waals surface area contributed by atoms with E-state index in [-0.39, 0.29) is 4.90 Å². The number of anilines is 1. The van der Waals surface area contributed by atoms with Crippen molar-refractivity contribution < 1.29 is 13.2 Å². The van der Waals surface area contributed by atoms with Gasteiger partial charge in [0.05, 0.1) is 21.2 Å². The maximum Gasteiger partial charge on any atom is 0.242 e. The molecule has 2 N–H and O–H groups in total. The number of thiazole rings is 1. The van der Waals surface area contributed by atoms with E-state index in [2.05, 4.69) is 15.0 Å². The van der Waals surface area contributed by atoms with Gasteiger partial charge in [0.15, 0.2) is 0 Å². The van der Waals surface area contributed by atoms with Gasteiger partial charge in [-0.1, -0.05) is 41.9 Å². The van der Waals surface area contributed by atoms with Gasteiger partial charge in [-0.2, -0.15) is 4.72 Å². The van der Waals surface area contributed by atoms with Crippen molar-refractivity contribution in [3.63, 3.8) is 0 Å². The molecule has 6 nitrogen and oxygen atoms in total. The number of sulfonamides is 1. The molecule has 0 fully saturated rings. The van der Waals surface area contributed by atoms with Gasteiger partial charge in [-0.15, -0.1) is 11.3 Å². The van der Waals surface area contributed by atoms with Gasteiger partial charge in [-0.3, -0.25) is 4.79 Å². The Balaban J connectivity index is 1.49. The van der Waals surface area contributed by atoms with E-state index in [0.717, 1.165) is 20.8 Å². The number of nitrogens with zero attached hydrogens (tertiary/aromatic N) is 1. The monoisotopic (exact) mass is 471 g/mol. The van der Waals surface area contributed by atoms with Gasteiger partial charge >= 0.3 is 0 Å². The number of rotatable bonds is 6. The third-order valence-corrected chi connectivity index (χ3v) is 7.36. The molecular weight excluding hydrogens is 454 g/mol. The Hall–Kier alpha value is -2.78. The Morgan fingerprint density at radius 1 is 1.03 bits per heavy atom. The number of hydrogen-bond acceptors (Lipinski definition) is 5. The number of benzene rings is 3. The molecule has 1 heterocycles. The standard InChI is InChI=1S/C22H18ClN3O3S2/c1-14(26-31(28,29)18-9-5-7-16(23)13-18)21(27)24-17-8-4-6-15(12-17)22-25-19-10-2-3-11-20(19)30-22/h2-14,26H,1H3,(H,24,27)/t14-/m0/s1. The van der Waals surface area contributed by atoms with Crippen LogP contribution in [0.4, 0.5) is 5.69 Å². The van der Waals surface area contributed by atoms with Crippen LogP contribution in [0, 0.1) is 0 Å². The maximum atomic E-state index is 12.6. The molecule has 31 heavy (non-hydrogen) atoms. The molecule has 4 rings (SSSR count). The number of carbonyl (C=O) groups excluding carboxylic acids is 1. The van der Waals surface area contributed by atoms with Gasteiger partial charge in [0.2, 0.25) is 15.9 Å². The smallest absolute Gasteiger partial charge is 0.242 e. The van der Waals surface area contributed by atoms with E-state index >= 15 is 0 Å². The summed E-state index contributed by atoms with van der Waals surface area (Å²) >= 11 is 7.44. The zero-order valence-electron chi connectivity index (χ0n) is 16.4. The molecule has 1 aromatic heterocycles. The second-order valence-corrected chi connectivity index (χ2v) is 10.0. The first-order valence-electron chi connectivity index (χ1n) is 9.36. The quantitative estimate of drug-likeness (QED) is 0.417. The molecule has 0 spiro atoms. The molecule has 9 heteroatoms. The molecular formula is C22H18ClN3O3S2. The van der Waals surface area contributed by atoms with E-state index in [9.17, 15) is 13.2 Å². The zero-order chi connectivity index (χ0) is 22.0.